The highest BCUT2D eigenvalue weighted by atomic mass is 19.1. The van der Waals surface area contributed by atoms with Crippen molar-refractivity contribution in [3.63, 3.8) is 0 Å². The van der Waals surface area contributed by atoms with E-state index in [0.717, 1.165) is 30.9 Å². The van der Waals surface area contributed by atoms with Crippen LogP contribution in [0.3, 0.4) is 0 Å². The van der Waals surface area contributed by atoms with E-state index in [9.17, 15) is 4.39 Å². The molecule has 25 heavy (non-hydrogen) atoms. The summed E-state index contributed by atoms with van der Waals surface area (Å²) in [5.41, 5.74) is 2.80. The van der Waals surface area contributed by atoms with Gasteiger partial charge in [0.1, 0.15) is 11.6 Å². The van der Waals surface area contributed by atoms with Crippen LogP contribution < -0.4 is 10.6 Å². The predicted octanol–water partition coefficient (Wildman–Crippen LogP) is 4.71. The average molecular weight is 336 g/mol. The van der Waals surface area contributed by atoms with E-state index in [-0.39, 0.29) is 5.82 Å². The maximum absolute atomic E-state index is 13.3. The lowest BCUT2D eigenvalue weighted by molar-refractivity contribution is 0.628. The molecule has 0 unspecified atom stereocenters. The van der Waals surface area contributed by atoms with Gasteiger partial charge in [0.25, 0.3) is 0 Å². The molecule has 0 aliphatic carbocycles. The summed E-state index contributed by atoms with van der Waals surface area (Å²) in [7, 11) is 0. The summed E-state index contributed by atoms with van der Waals surface area (Å²) in [6, 6.07) is 18.6. The zero-order valence-electron chi connectivity index (χ0n) is 14.2. The molecule has 2 N–H and O–H groups in total. The van der Waals surface area contributed by atoms with Crippen molar-refractivity contribution >= 4 is 17.5 Å². The Balaban J connectivity index is 1.57. The molecule has 0 saturated carbocycles. The maximum atomic E-state index is 13.3. The fraction of sp³-hybridized carbons (Fsp3) is 0.200. The third kappa shape index (κ3) is 5.28. The fourth-order valence-corrected chi connectivity index (χ4v) is 2.56. The second kappa shape index (κ2) is 8.24. The minimum absolute atomic E-state index is 0.295. The van der Waals surface area contributed by atoms with E-state index in [0.29, 0.717) is 11.6 Å². The Hall–Kier alpha value is -2.95. The Morgan fingerprint density at radius 1 is 0.960 bits per heavy atom. The van der Waals surface area contributed by atoms with Gasteiger partial charge in [-0.3, -0.25) is 0 Å². The normalized spacial score (nSPS) is 10.5. The van der Waals surface area contributed by atoms with Crippen LogP contribution in [0.5, 0.6) is 0 Å². The Morgan fingerprint density at radius 2 is 1.80 bits per heavy atom. The number of hydrogen-bond acceptors (Lipinski definition) is 4. The van der Waals surface area contributed by atoms with Crippen LogP contribution in [0.4, 0.5) is 21.8 Å². The number of rotatable bonds is 7. The molecular formula is C20H21FN4. The quantitative estimate of drug-likeness (QED) is 0.613. The van der Waals surface area contributed by atoms with Gasteiger partial charge in [-0.05, 0) is 43.5 Å². The molecule has 1 heterocycles. The molecule has 1 aromatic heterocycles. The van der Waals surface area contributed by atoms with Gasteiger partial charge in [-0.25, -0.2) is 9.37 Å². The average Bonchev–Trinajstić information content (AvgIpc) is 2.59. The highest BCUT2D eigenvalue weighted by Crippen LogP contribution is 2.16. The second-order valence-electron chi connectivity index (χ2n) is 5.87. The number of aryl methyl sites for hydroxylation is 2. The third-order valence-electron chi connectivity index (χ3n) is 3.73. The molecule has 128 valence electrons. The van der Waals surface area contributed by atoms with E-state index >= 15 is 0 Å². The third-order valence-corrected chi connectivity index (χ3v) is 3.73. The largest absolute Gasteiger partial charge is 0.370 e. The lowest BCUT2D eigenvalue weighted by Gasteiger charge is -2.10. The number of hydrogen-bond donors (Lipinski definition) is 2. The van der Waals surface area contributed by atoms with E-state index in [1.165, 1.54) is 17.7 Å². The summed E-state index contributed by atoms with van der Waals surface area (Å²) in [6.45, 7) is 2.73. The summed E-state index contributed by atoms with van der Waals surface area (Å²) in [4.78, 5) is 8.80. The van der Waals surface area contributed by atoms with Crippen LogP contribution in [0, 0.1) is 12.7 Å². The molecule has 0 radical (unpaired) electrons. The summed E-state index contributed by atoms with van der Waals surface area (Å²) in [6.07, 6.45) is 2.03. The van der Waals surface area contributed by atoms with Gasteiger partial charge >= 0.3 is 0 Å². The van der Waals surface area contributed by atoms with Crippen LogP contribution in [0.25, 0.3) is 0 Å². The SMILES string of the molecule is Cc1cc(NCCCc2ccccc2)nc(Nc2cccc(F)c2)n1. The Morgan fingerprint density at radius 3 is 2.60 bits per heavy atom. The van der Waals surface area contributed by atoms with E-state index in [2.05, 4.69) is 44.9 Å². The van der Waals surface area contributed by atoms with Crippen LogP contribution in [0.1, 0.15) is 17.7 Å². The van der Waals surface area contributed by atoms with Crippen LogP contribution in [-0.2, 0) is 6.42 Å². The monoisotopic (exact) mass is 336 g/mol. The molecule has 3 rings (SSSR count). The van der Waals surface area contributed by atoms with Crippen molar-refractivity contribution in [3.05, 3.63) is 77.7 Å². The summed E-state index contributed by atoms with van der Waals surface area (Å²) < 4.78 is 13.3. The highest BCUT2D eigenvalue weighted by molar-refractivity contribution is 5.55. The van der Waals surface area contributed by atoms with Crippen LogP contribution >= 0.6 is 0 Å². The molecule has 0 aliphatic heterocycles. The molecule has 3 aromatic rings. The number of aromatic nitrogens is 2. The first-order chi connectivity index (χ1) is 12.2. The van der Waals surface area contributed by atoms with Gasteiger partial charge < -0.3 is 10.6 Å². The lowest BCUT2D eigenvalue weighted by atomic mass is 10.1. The van der Waals surface area contributed by atoms with Gasteiger partial charge in [0.05, 0.1) is 0 Å². The van der Waals surface area contributed by atoms with Crippen molar-refractivity contribution in [2.75, 3.05) is 17.2 Å². The number of nitrogens with one attached hydrogen (secondary N) is 2. The minimum Gasteiger partial charge on any atom is -0.370 e. The standard InChI is InChI=1S/C20H21FN4/c1-15-13-19(22-12-6-9-16-7-3-2-4-8-16)25-20(23-15)24-18-11-5-10-17(21)14-18/h2-5,7-8,10-11,13-14H,6,9,12H2,1H3,(H2,22,23,24,25). The molecule has 5 heteroatoms. The molecular weight excluding hydrogens is 315 g/mol. The van der Waals surface area contributed by atoms with Crippen LogP contribution in [-0.4, -0.2) is 16.5 Å². The Bertz CT molecular complexity index is 821. The fourth-order valence-electron chi connectivity index (χ4n) is 2.56. The molecule has 2 aromatic carbocycles. The van der Waals surface area contributed by atoms with Gasteiger partial charge in [-0.1, -0.05) is 36.4 Å². The zero-order chi connectivity index (χ0) is 17.5. The van der Waals surface area contributed by atoms with Gasteiger partial charge in [-0.2, -0.15) is 4.98 Å². The summed E-state index contributed by atoms with van der Waals surface area (Å²) in [5, 5.41) is 6.37. The smallest absolute Gasteiger partial charge is 0.229 e. The number of halogens is 1. The van der Waals surface area contributed by atoms with E-state index in [1.807, 2.05) is 19.1 Å². The topological polar surface area (TPSA) is 49.8 Å². The van der Waals surface area contributed by atoms with Gasteiger partial charge in [0.2, 0.25) is 5.95 Å². The zero-order valence-corrected chi connectivity index (χ0v) is 14.2. The lowest BCUT2D eigenvalue weighted by Crippen LogP contribution is -2.07. The maximum Gasteiger partial charge on any atom is 0.229 e. The van der Waals surface area contributed by atoms with Crippen molar-refractivity contribution in [2.45, 2.75) is 19.8 Å². The van der Waals surface area contributed by atoms with Crippen LogP contribution in [0.15, 0.2) is 60.7 Å². The molecule has 4 nitrogen and oxygen atoms in total. The molecule has 0 amide bonds. The minimum atomic E-state index is -0.295. The number of anilines is 3. The van der Waals surface area contributed by atoms with Crippen molar-refractivity contribution in [1.29, 1.82) is 0 Å². The molecule has 0 spiro atoms. The summed E-state index contributed by atoms with van der Waals surface area (Å²) >= 11 is 0. The number of nitrogens with zero attached hydrogens (tertiary/aromatic N) is 2. The highest BCUT2D eigenvalue weighted by Gasteiger charge is 2.03. The van der Waals surface area contributed by atoms with Gasteiger partial charge in [0.15, 0.2) is 0 Å². The number of benzene rings is 2. The van der Waals surface area contributed by atoms with E-state index in [4.69, 9.17) is 0 Å². The second-order valence-corrected chi connectivity index (χ2v) is 5.87. The van der Waals surface area contributed by atoms with Crippen molar-refractivity contribution < 1.29 is 4.39 Å². The first-order valence-corrected chi connectivity index (χ1v) is 8.35. The first kappa shape index (κ1) is 16.9. The van der Waals surface area contributed by atoms with Crippen molar-refractivity contribution in [3.8, 4) is 0 Å². The Kier molecular flexibility index (Phi) is 5.57. The van der Waals surface area contributed by atoms with Gasteiger partial charge in [0, 0.05) is 24.0 Å². The van der Waals surface area contributed by atoms with Crippen LogP contribution in [0.2, 0.25) is 0 Å². The molecule has 0 aliphatic rings. The van der Waals surface area contributed by atoms with E-state index < -0.39 is 0 Å². The van der Waals surface area contributed by atoms with Crippen molar-refractivity contribution in [1.82, 2.24) is 9.97 Å². The molecule has 0 saturated heterocycles. The van der Waals surface area contributed by atoms with Gasteiger partial charge in [-0.15, -0.1) is 0 Å². The summed E-state index contributed by atoms with van der Waals surface area (Å²) in [5.74, 6) is 0.924. The molecule has 0 bridgehead atoms. The Labute approximate surface area is 147 Å². The first-order valence-electron chi connectivity index (χ1n) is 8.35. The van der Waals surface area contributed by atoms with E-state index in [1.54, 1.807) is 12.1 Å². The predicted molar refractivity (Wildman–Crippen MR) is 99.7 cm³/mol. The van der Waals surface area contributed by atoms with Crippen molar-refractivity contribution in [2.24, 2.45) is 0 Å². The molecule has 0 atom stereocenters. The molecule has 0 fully saturated rings.